The summed E-state index contributed by atoms with van der Waals surface area (Å²) in [6, 6.07) is 52.6. The van der Waals surface area contributed by atoms with Crippen molar-refractivity contribution in [3.05, 3.63) is 220 Å². The average Bonchev–Trinajstić information content (AvgIpc) is 3.41. The van der Waals surface area contributed by atoms with E-state index in [0.29, 0.717) is 0 Å². The SMILES string of the molecule is C=C(/C=C/C=C1/N(C(C)C)c2ccc3ccccc3c2C1(C)Cc1ccccc1)C(Cc1ccccc1)(Cc1ccccc1)c1cc(Cl)ccc1C. The van der Waals surface area contributed by atoms with Gasteiger partial charge in [0.15, 0.2) is 0 Å². The summed E-state index contributed by atoms with van der Waals surface area (Å²) in [5.74, 6) is 0. The van der Waals surface area contributed by atoms with Crippen molar-refractivity contribution in [3.63, 3.8) is 0 Å². The van der Waals surface area contributed by atoms with E-state index < -0.39 is 5.41 Å². The summed E-state index contributed by atoms with van der Waals surface area (Å²) in [6.07, 6.45) is 9.38. The minimum atomic E-state index is -0.438. The van der Waals surface area contributed by atoms with Gasteiger partial charge in [0.1, 0.15) is 0 Å². The third kappa shape index (κ3) is 6.79. The minimum absolute atomic E-state index is 0.262. The van der Waals surface area contributed by atoms with E-state index in [2.05, 4.69) is 190 Å². The zero-order valence-electron chi connectivity index (χ0n) is 30.8. The summed E-state index contributed by atoms with van der Waals surface area (Å²) in [5.41, 5.74) is 10.7. The normalized spacial score (nSPS) is 16.7. The summed E-state index contributed by atoms with van der Waals surface area (Å²) in [4.78, 5) is 2.56. The number of benzene rings is 6. The highest BCUT2D eigenvalue weighted by Crippen LogP contribution is 2.53. The van der Waals surface area contributed by atoms with Crippen LogP contribution in [0.2, 0.25) is 5.02 Å². The van der Waals surface area contributed by atoms with E-state index in [1.165, 1.54) is 55.5 Å². The predicted molar refractivity (Wildman–Crippen MR) is 224 cm³/mol. The smallest absolute Gasteiger partial charge is 0.0459 e. The van der Waals surface area contributed by atoms with Gasteiger partial charge >= 0.3 is 0 Å². The third-order valence-electron chi connectivity index (χ3n) is 11.0. The highest BCUT2D eigenvalue weighted by atomic mass is 35.5. The van der Waals surface area contributed by atoms with Crippen molar-refractivity contribution < 1.29 is 0 Å². The lowest BCUT2D eigenvalue weighted by Crippen LogP contribution is -2.35. The molecule has 1 aliphatic rings. The Labute approximate surface area is 315 Å². The van der Waals surface area contributed by atoms with E-state index in [-0.39, 0.29) is 11.5 Å². The van der Waals surface area contributed by atoms with Gasteiger partial charge in [-0.2, -0.15) is 0 Å². The molecular weight excluding hydrogens is 650 g/mol. The highest BCUT2D eigenvalue weighted by Gasteiger charge is 2.45. The van der Waals surface area contributed by atoms with Crippen LogP contribution in [0.3, 0.4) is 0 Å². The van der Waals surface area contributed by atoms with E-state index in [9.17, 15) is 0 Å². The molecule has 0 radical (unpaired) electrons. The van der Waals surface area contributed by atoms with Crippen molar-refractivity contribution in [1.82, 2.24) is 0 Å². The van der Waals surface area contributed by atoms with Gasteiger partial charge in [0, 0.05) is 33.3 Å². The summed E-state index contributed by atoms with van der Waals surface area (Å²) in [7, 11) is 0. The molecule has 0 saturated carbocycles. The molecule has 0 bridgehead atoms. The first-order chi connectivity index (χ1) is 25.2. The summed E-state index contributed by atoms with van der Waals surface area (Å²) >= 11 is 6.79. The molecule has 1 aliphatic heterocycles. The van der Waals surface area contributed by atoms with E-state index in [1.54, 1.807) is 0 Å². The van der Waals surface area contributed by atoms with Crippen LogP contribution in [0.4, 0.5) is 5.69 Å². The molecule has 260 valence electrons. The van der Waals surface area contributed by atoms with Gasteiger partial charge in [-0.25, -0.2) is 0 Å². The van der Waals surface area contributed by atoms with Crippen molar-refractivity contribution in [2.75, 3.05) is 4.90 Å². The predicted octanol–water partition coefficient (Wildman–Crippen LogP) is 13.0. The van der Waals surface area contributed by atoms with E-state index in [0.717, 1.165) is 29.9 Å². The van der Waals surface area contributed by atoms with Crippen molar-refractivity contribution in [2.45, 2.75) is 63.8 Å². The van der Waals surface area contributed by atoms with E-state index in [4.69, 9.17) is 18.2 Å². The topological polar surface area (TPSA) is 3.24 Å². The molecule has 1 nitrogen and oxygen atoms in total. The van der Waals surface area contributed by atoms with Gasteiger partial charge in [0.2, 0.25) is 0 Å². The molecule has 2 heteroatoms. The fourth-order valence-corrected chi connectivity index (χ4v) is 8.81. The molecule has 0 fully saturated rings. The zero-order valence-corrected chi connectivity index (χ0v) is 31.6. The molecule has 0 saturated heterocycles. The van der Waals surface area contributed by atoms with Gasteiger partial charge in [-0.15, -0.1) is 0 Å². The van der Waals surface area contributed by atoms with E-state index in [1.807, 2.05) is 6.07 Å². The Morgan fingerprint density at radius 3 is 1.94 bits per heavy atom. The second-order valence-electron chi connectivity index (χ2n) is 14.9. The van der Waals surface area contributed by atoms with Crippen LogP contribution in [-0.4, -0.2) is 6.04 Å². The molecule has 1 atom stereocenters. The maximum absolute atomic E-state index is 6.79. The first kappa shape index (κ1) is 35.3. The van der Waals surface area contributed by atoms with Crippen LogP contribution in [0.5, 0.6) is 0 Å². The number of aryl methyl sites for hydroxylation is 1. The number of fused-ring (bicyclic) bond motifs is 3. The van der Waals surface area contributed by atoms with Gasteiger partial charge in [0.25, 0.3) is 0 Å². The molecule has 1 heterocycles. The Hall–Kier alpha value is -5.11. The first-order valence-electron chi connectivity index (χ1n) is 18.5. The van der Waals surface area contributed by atoms with Crippen molar-refractivity contribution >= 4 is 28.1 Å². The number of hydrogen-bond donors (Lipinski definition) is 0. The molecule has 0 spiro atoms. The average molecular weight is 698 g/mol. The van der Waals surface area contributed by atoms with Crippen molar-refractivity contribution in [1.29, 1.82) is 0 Å². The Bertz CT molecular complexity index is 2210. The van der Waals surface area contributed by atoms with Gasteiger partial charge in [-0.05, 0) is 121 Å². The van der Waals surface area contributed by atoms with Crippen molar-refractivity contribution in [2.24, 2.45) is 0 Å². The number of allylic oxidation sites excluding steroid dienone is 5. The molecule has 6 aromatic carbocycles. The molecular formula is C50H48ClN. The monoisotopic (exact) mass is 697 g/mol. The number of nitrogens with zero attached hydrogens (tertiary/aromatic N) is 1. The highest BCUT2D eigenvalue weighted by molar-refractivity contribution is 6.30. The van der Waals surface area contributed by atoms with Crippen LogP contribution in [-0.2, 0) is 30.1 Å². The zero-order chi connectivity index (χ0) is 36.3. The van der Waals surface area contributed by atoms with Crippen LogP contribution in [0.1, 0.15) is 54.2 Å². The Morgan fingerprint density at radius 2 is 1.33 bits per heavy atom. The Morgan fingerprint density at radius 1 is 0.750 bits per heavy atom. The fraction of sp³-hybridized carbons (Fsp3) is 0.200. The Kier molecular flexibility index (Phi) is 10.1. The lowest BCUT2D eigenvalue weighted by atomic mass is 9.65. The third-order valence-corrected chi connectivity index (χ3v) is 11.3. The summed E-state index contributed by atoms with van der Waals surface area (Å²) in [5, 5.41) is 3.34. The summed E-state index contributed by atoms with van der Waals surface area (Å²) in [6.45, 7) is 14.1. The van der Waals surface area contributed by atoms with Gasteiger partial charge in [0.05, 0.1) is 0 Å². The van der Waals surface area contributed by atoms with E-state index >= 15 is 0 Å². The second kappa shape index (κ2) is 14.9. The maximum Gasteiger partial charge on any atom is 0.0459 e. The lowest BCUT2D eigenvalue weighted by molar-refractivity contribution is 0.504. The number of hydrogen-bond acceptors (Lipinski definition) is 1. The van der Waals surface area contributed by atoms with Crippen LogP contribution in [0, 0.1) is 6.92 Å². The first-order valence-corrected chi connectivity index (χ1v) is 18.9. The molecule has 7 rings (SSSR count). The maximum atomic E-state index is 6.79. The molecule has 0 N–H and O–H groups in total. The molecule has 0 aliphatic carbocycles. The standard InChI is InChI=1S/C50H48ClN/c1-36(2)52-46-31-29-42-25-15-16-26-44(42)48(46)49(5,33-39-19-9-6-10-20-39)47(52)27-17-18-38(4)50(34-40-21-11-7-12-22-40,35-41-23-13-8-14-24-41)45-32-43(51)30-28-37(45)3/h6-32,36H,4,33-35H2,1-3,5H3/b18-17+,47-27+. The number of rotatable bonds is 11. The Balaban J connectivity index is 1.39. The number of halogens is 1. The van der Waals surface area contributed by atoms with Crippen LogP contribution < -0.4 is 4.90 Å². The minimum Gasteiger partial charge on any atom is -0.341 e. The molecule has 0 amide bonds. The number of anilines is 1. The van der Waals surface area contributed by atoms with Crippen LogP contribution in [0.25, 0.3) is 10.8 Å². The van der Waals surface area contributed by atoms with Gasteiger partial charge in [-0.3, -0.25) is 0 Å². The fourth-order valence-electron chi connectivity index (χ4n) is 8.63. The summed E-state index contributed by atoms with van der Waals surface area (Å²) < 4.78 is 0. The quantitative estimate of drug-likeness (QED) is 0.122. The van der Waals surface area contributed by atoms with Crippen LogP contribution in [0.15, 0.2) is 182 Å². The van der Waals surface area contributed by atoms with Gasteiger partial charge < -0.3 is 4.90 Å². The molecule has 52 heavy (non-hydrogen) atoms. The largest absolute Gasteiger partial charge is 0.341 e. The van der Waals surface area contributed by atoms with Crippen LogP contribution >= 0.6 is 11.6 Å². The van der Waals surface area contributed by atoms with Crippen molar-refractivity contribution in [3.8, 4) is 0 Å². The molecule has 6 aromatic rings. The molecule has 1 unspecified atom stereocenters. The second-order valence-corrected chi connectivity index (χ2v) is 15.4. The lowest BCUT2D eigenvalue weighted by Gasteiger charge is -2.38. The van der Waals surface area contributed by atoms with Gasteiger partial charge in [-0.1, -0.05) is 158 Å². The molecule has 0 aromatic heterocycles.